The smallest absolute Gasteiger partial charge is 0.322 e. The fourth-order valence-electron chi connectivity index (χ4n) is 5.04. The third-order valence-corrected chi connectivity index (χ3v) is 6.84. The van der Waals surface area contributed by atoms with Crippen LogP contribution in [0.15, 0.2) is 54.7 Å². The zero-order chi connectivity index (χ0) is 21.9. The van der Waals surface area contributed by atoms with Gasteiger partial charge in [-0.3, -0.25) is 4.90 Å². The molecular formula is C26H32N4O2. The summed E-state index contributed by atoms with van der Waals surface area (Å²) in [5.74, 6) is 0. The van der Waals surface area contributed by atoms with E-state index in [1.807, 2.05) is 11.0 Å². The predicted octanol–water partition coefficient (Wildman–Crippen LogP) is 4.65. The van der Waals surface area contributed by atoms with Crippen molar-refractivity contribution in [2.75, 3.05) is 44.7 Å². The van der Waals surface area contributed by atoms with E-state index in [9.17, 15) is 4.79 Å². The van der Waals surface area contributed by atoms with E-state index in [-0.39, 0.29) is 12.1 Å². The van der Waals surface area contributed by atoms with Crippen LogP contribution in [0.3, 0.4) is 0 Å². The summed E-state index contributed by atoms with van der Waals surface area (Å²) in [4.78, 5) is 17.6. The van der Waals surface area contributed by atoms with Crippen LogP contribution < -0.4 is 5.32 Å². The lowest BCUT2D eigenvalue weighted by molar-refractivity contribution is 0.0365. The fourth-order valence-corrected chi connectivity index (χ4v) is 5.04. The van der Waals surface area contributed by atoms with E-state index in [0.29, 0.717) is 0 Å². The Kier molecular flexibility index (Phi) is 6.14. The van der Waals surface area contributed by atoms with Crippen molar-refractivity contribution in [1.82, 2.24) is 14.4 Å². The van der Waals surface area contributed by atoms with Crippen molar-refractivity contribution in [3.8, 4) is 0 Å². The van der Waals surface area contributed by atoms with E-state index in [2.05, 4.69) is 70.4 Å². The summed E-state index contributed by atoms with van der Waals surface area (Å²) in [5, 5.41) is 4.30. The predicted molar refractivity (Wildman–Crippen MR) is 128 cm³/mol. The molecule has 1 atom stereocenters. The Balaban J connectivity index is 1.26. The molecule has 0 spiro atoms. The first kappa shape index (κ1) is 21.0. The van der Waals surface area contributed by atoms with Gasteiger partial charge in [0.2, 0.25) is 0 Å². The Morgan fingerprint density at radius 1 is 1.06 bits per heavy atom. The first-order valence-electron chi connectivity index (χ1n) is 11.7. The van der Waals surface area contributed by atoms with Gasteiger partial charge in [-0.1, -0.05) is 24.3 Å². The lowest BCUT2D eigenvalue weighted by Gasteiger charge is -2.27. The molecule has 0 bridgehead atoms. The molecule has 5 rings (SSSR count). The van der Waals surface area contributed by atoms with E-state index in [1.165, 1.54) is 16.6 Å². The summed E-state index contributed by atoms with van der Waals surface area (Å²) in [5.41, 5.74) is 4.56. The first-order valence-corrected chi connectivity index (χ1v) is 11.7. The van der Waals surface area contributed by atoms with Gasteiger partial charge in [-0.05, 0) is 55.2 Å². The van der Waals surface area contributed by atoms with Gasteiger partial charge in [0.1, 0.15) is 0 Å². The Morgan fingerprint density at radius 2 is 1.91 bits per heavy atom. The van der Waals surface area contributed by atoms with Gasteiger partial charge in [-0.2, -0.15) is 0 Å². The lowest BCUT2D eigenvalue weighted by Crippen LogP contribution is -2.38. The number of benzene rings is 2. The molecule has 2 aliphatic rings. The van der Waals surface area contributed by atoms with Gasteiger partial charge in [0, 0.05) is 55.5 Å². The van der Waals surface area contributed by atoms with E-state index in [0.717, 1.165) is 69.9 Å². The van der Waals surface area contributed by atoms with Crippen molar-refractivity contribution in [3.63, 3.8) is 0 Å². The number of aromatic nitrogens is 1. The Labute approximate surface area is 189 Å². The number of carbonyl (C=O) groups excluding carboxylic acids is 1. The maximum Gasteiger partial charge on any atom is 0.322 e. The SMILES string of the molecule is Cc1ccccc1C1CCCN1C(=O)Nc1ccc2c(ccn2CCN2CCOCC2)c1. The van der Waals surface area contributed by atoms with Crippen LogP contribution in [0.5, 0.6) is 0 Å². The average molecular weight is 433 g/mol. The molecule has 0 radical (unpaired) electrons. The Morgan fingerprint density at radius 3 is 2.75 bits per heavy atom. The van der Waals surface area contributed by atoms with Crippen molar-refractivity contribution in [3.05, 3.63) is 65.9 Å². The summed E-state index contributed by atoms with van der Waals surface area (Å²) in [6.45, 7) is 8.59. The van der Waals surface area contributed by atoms with Crippen LogP contribution in [0.4, 0.5) is 10.5 Å². The number of hydrogen-bond acceptors (Lipinski definition) is 3. The number of fused-ring (bicyclic) bond motifs is 1. The van der Waals surface area contributed by atoms with Gasteiger partial charge in [-0.25, -0.2) is 4.79 Å². The zero-order valence-electron chi connectivity index (χ0n) is 18.8. The molecule has 3 heterocycles. The molecule has 2 fully saturated rings. The van der Waals surface area contributed by atoms with Crippen LogP contribution in [-0.4, -0.2) is 59.8 Å². The number of likely N-dealkylation sites (tertiary alicyclic amines) is 1. The van der Waals surface area contributed by atoms with Gasteiger partial charge >= 0.3 is 6.03 Å². The van der Waals surface area contributed by atoms with Crippen LogP contribution >= 0.6 is 0 Å². The van der Waals surface area contributed by atoms with E-state index >= 15 is 0 Å². The van der Waals surface area contributed by atoms with Crippen molar-refractivity contribution >= 4 is 22.6 Å². The second kappa shape index (κ2) is 9.35. The highest BCUT2D eigenvalue weighted by Gasteiger charge is 2.30. The average Bonchev–Trinajstić information content (AvgIpc) is 3.46. The highest BCUT2D eigenvalue weighted by Crippen LogP contribution is 2.34. The van der Waals surface area contributed by atoms with Gasteiger partial charge in [0.15, 0.2) is 0 Å². The summed E-state index contributed by atoms with van der Waals surface area (Å²) in [6, 6.07) is 16.9. The number of morpholine rings is 1. The molecule has 2 saturated heterocycles. The molecule has 1 N–H and O–H groups in total. The van der Waals surface area contributed by atoms with Crippen LogP contribution in [0, 0.1) is 6.92 Å². The molecular weight excluding hydrogens is 400 g/mol. The number of rotatable bonds is 5. The number of anilines is 1. The molecule has 6 nitrogen and oxygen atoms in total. The number of aryl methyl sites for hydroxylation is 1. The molecule has 2 aromatic carbocycles. The Bertz CT molecular complexity index is 1090. The summed E-state index contributed by atoms with van der Waals surface area (Å²) < 4.78 is 7.74. The quantitative estimate of drug-likeness (QED) is 0.638. The Hall–Kier alpha value is -2.83. The maximum atomic E-state index is 13.1. The number of carbonyl (C=O) groups is 1. The molecule has 6 heteroatoms. The van der Waals surface area contributed by atoms with Gasteiger partial charge < -0.3 is 19.5 Å². The summed E-state index contributed by atoms with van der Waals surface area (Å²) in [7, 11) is 0. The molecule has 2 aliphatic heterocycles. The molecule has 0 saturated carbocycles. The van der Waals surface area contributed by atoms with E-state index in [1.54, 1.807) is 0 Å². The van der Waals surface area contributed by atoms with Gasteiger partial charge in [-0.15, -0.1) is 0 Å². The summed E-state index contributed by atoms with van der Waals surface area (Å²) >= 11 is 0. The third kappa shape index (κ3) is 4.38. The number of amides is 2. The highest BCUT2D eigenvalue weighted by molar-refractivity contribution is 5.93. The number of nitrogens with one attached hydrogen (secondary N) is 1. The zero-order valence-corrected chi connectivity index (χ0v) is 18.8. The standard InChI is InChI=1S/C26H32N4O2/c1-20-5-2-3-6-23(20)25-7-4-11-30(25)26(31)27-22-8-9-24-21(19-22)10-12-29(24)14-13-28-15-17-32-18-16-28/h2-3,5-6,8-10,12,19,25H,4,7,11,13-18H2,1H3,(H,27,31). The van der Waals surface area contributed by atoms with E-state index < -0.39 is 0 Å². The second-order valence-electron chi connectivity index (χ2n) is 8.87. The molecule has 1 aromatic heterocycles. The molecule has 32 heavy (non-hydrogen) atoms. The summed E-state index contributed by atoms with van der Waals surface area (Å²) in [6.07, 6.45) is 4.20. The van der Waals surface area contributed by atoms with Crippen LogP contribution in [0.1, 0.15) is 30.0 Å². The van der Waals surface area contributed by atoms with Crippen molar-refractivity contribution in [1.29, 1.82) is 0 Å². The van der Waals surface area contributed by atoms with Gasteiger partial charge in [0.25, 0.3) is 0 Å². The minimum atomic E-state index is -0.0122. The van der Waals surface area contributed by atoms with Crippen molar-refractivity contribution < 1.29 is 9.53 Å². The third-order valence-electron chi connectivity index (χ3n) is 6.84. The largest absolute Gasteiger partial charge is 0.379 e. The normalized spacial score (nSPS) is 19.5. The van der Waals surface area contributed by atoms with Crippen molar-refractivity contribution in [2.45, 2.75) is 32.4 Å². The minimum absolute atomic E-state index is 0.0122. The molecule has 1 unspecified atom stereocenters. The molecule has 168 valence electrons. The number of nitrogens with zero attached hydrogens (tertiary/aromatic N) is 3. The van der Waals surface area contributed by atoms with Crippen LogP contribution in [-0.2, 0) is 11.3 Å². The first-order chi connectivity index (χ1) is 15.7. The maximum absolute atomic E-state index is 13.1. The monoisotopic (exact) mass is 432 g/mol. The van der Waals surface area contributed by atoms with Crippen molar-refractivity contribution in [2.24, 2.45) is 0 Å². The molecule has 2 amide bonds. The fraction of sp³-hybridized carbons (Fsp3) is 0.423. The second-order valence-corrected chi connectivity index (χ2v) is 8.87. The molecule has 3 aromatic rings. The highest BCUT2D eigenvalue weighted by atomic mass is 16.5. The lowest BCUT2D eigenvalue weighted by atomic mass is 9.99. The van der Waals surface area contributed by atoms with Crippen LogP contribution in [0.2, 0.25) is 0 Å². The number of ether oxygens (including phenoxy) is 1. The van der Waals surface area contributed by atoms with Crippen LogP contribution in [0.25, 0.3) is 10.9 Å². The van der Waals surface area contributed by atoms with Gasteiger partial charge in [0.05, 0.1) is 19.3 Å². The van der Waals surface area contributed by atoms with E-state index in [4.69, 9.17) is 4.74 Å². The minimum Gasteiger partial charge on any atom is -0.379 e. The number of hydrogen-bond donors (Lipinski definition) is 1. The number of urea groups is 1. The topological polar surface area (TPSA) is 49.7 Å². The molecule has 0 aliphatic carbocycles.